The van der Waals surface area contributed by atoms with Gasteiger partial charge in [-0.2, -0.15) is 0 Å². The summed E-state index contributed by atoms with van der Waals surface area (Å²) in [5.41, 5.74) is 7.19. The fraction of sp³-hybridized carbons (Fsp3) is 0.294. The minimum Gasteiger partial charge on any atom is -0.497 e. The Morgan fingerprint density at radius 2 is 1.40 bits per heavy atom. The topological polar surface area (TPSA) is 44.5 Å². The average molecular weight is 271 g/mol. The van der Waals surface area contributed by atoms with Crippen LogP contribution in [0.3, 0.4) is 0 Å². The van der Waals surface area contributed by atoms with Gasteiger partial charge in [0.05, 0.1) is 7.11 Å². The molecule has 0 aliphatic carbocycles. The molecule has 0 spiro atoms. The molecule has 1 atom stereocenters. The van der Waals surface area contributed by atoms with Gasteiger partial charge in [-0.3, -0.25) is 0 Å². The minimum absolute atomic E-state index is 0.225. The number of nitrogens with two attached hydrogens (primary N) is 1. The van der Waals surface area contributed by atoms with E-state index in [4.69, 9.17) is 15.2 Å². The molecule has 0 fully saturated rings. The maximum absolute atomic E-state index is 5.95. The van der Waals surface area contributed by atoms with E-state index in [1.807, 2.05) is 36.4 Å². The number of hydrogen-bond acceptors (Lipinski definition) is 3. The van der Waals surface area contributed by atoms with Crippen molar-refractivity contribution in [2.24, 2.45) is 5.73 Å². The summed E-state index contributed by atoms with van der Waals surface area (Å²) < 4.78 is 10.9. The van der Waals surface area contributed by atoms with Crippen molar-refractivity contribution in [3.8, 4) is 17.2 Å². The second-order valence-corrected chi connectivity index (χ2v) is 4.79. The maximum Gasteiger partial charge on any atom is 0.127 e. The standard InChI is InChI=1S/C17H21NO2/c1-3-14(18)12-13-4-6-16(7-5-13)20-17-10-8-15(19-2)9-11-17/h4-11,14H,3,12,18H2,1-2H3. The molecule has 0 saturated heterocycles. The molecule has 3 nitrogen and oxygen atoms in total. The zero-order valence-electron chi connectivity index (χ0n) is 12.0. The van der Waals surface area contributed by atoms with Crippen LogP contribution in [0.2, 0.25) is 0 Å². The van der Waals surface area contributed by atoms with Crippen molar-refractivity contribution in [2.75, 3.05) is 7.11 Å². The predicted octanol–water partition coefficient (Wildman–Crippen LogP) is 3.77. The van der Waals surface area contributed by atoms with Crippen LogP contribution in [0.1, 0.15) is 18.9 Å². The lowest BCUT2D eigenvalue weighted by Gasteiger charge is -2.10. The molecule has 2 rings (SSSR count). The van der Waals surface area contributed by atoms with E-state index in [1.54, 1.807) is 7.11 Å². The molecule has 0 radical (unpaired) electrons. The molecule has 0 aliphatic rings. The van der Waals surface area contributed by atoms with E-state index < -0.39 is 0 Å². The third-order valence-corrected chi connectivity index (χ3v) is 3.24. The van der Waals surface area contributed by atoms with Crippen LogP contribution in [0.15, 0.2) is 48.5 Å². The highest BCUT2D eigenvalue weighted by atomic mass is 16.5. The van der Waals surface area contributed by atoms with Crippen LogP contribution in [0, 0.1) is 0 Å². The highest BCUT2D eigenvalue weighted by Crippen LogP contribution is 2.24. The van der Waals surface area contributed by atoms with Crippen molar-refractivity contribution in [1.29, 1.82) is 0 Å². The molecule has 3 heteroatoms. The first-order valence-electron chi connectivity index (χ1n) is 6.87. The Balaban J connectivity index is 1.99. The van der Waals surface area contributed by atoms with Gasteiger partial charge in [0.2, 0.25) is 0 Å². The molecular formula is C17H21NO2. The Bertz CT molecular complexity index is 520. The lowest BCUT2D eigenvalue weighted by molar-refractivity contribution is 0.413. The van der Waals surface area contributed by atoms with Crippen LogP contribution < -0.4 is 15.2 Å². The fourth-order valence-electron chi connectivity index (χ4n) is 1.92. The number of ether oxygens (including phenoxy) is 2. The Labute approximate surface area is 120 Å². The van der Waals surface area contributed by atoms with Crippen molar-refractivity contribution in [3.63, 3.8) is 0 Å². The fourth-order valence-corrected chi connectivity index (χ4v) is 1.92. The summed E-state index contributed by atoms with van der Waals surface area (Å²) in [6.07, 6.45) is 1.89. The van der Waals surface area contributed by atoms with E-state index in [2.05, 4.69) is 19.1 Å². The van der Waals surface area contributed by atoms with Crippen LogP contribution in [0.4, 0.5) is 0 Å². The van der Waals surface area contributed by atoms with Gasteiger partial charge in [0.25, 0.3) is 0 Å². The average Bonchev–Trinajstić information content (AvgIpc) is 2.50. The quantitative estimate of drug-likeness (QED) is 0.869. The van der Waals surface area contributed by atoms with Crippen molar-refractivity contribution < 1.29 is 9.47 Å². The summed E-state index contributed by atoms with van der Waals surface area (Å²) in [7, 11) is 1.65. The Hall–Kier alpha value is -2.00. The largest absolute Gasteiger partial charge is 0.497 e. The lowest BCUT2D eigenvalue weighted by Crippen LogP contribution is -2.21. The molecule has 106 valence electrons. The normalized spacial score (nSPS) is 11.9. The first-order chi connectivity index (χ1) is 9.71. The summed E-state index contributed by atoms with van der Waals surface area (Å²) >= 11 is 0. The summed E-state index contributed by atoms with van der Waals surface area (Å²) in [6, 6.07) is 15.8. The molecule has 2 N–H and O–H groups in total. The van der Waals surface area contributed by atoms with E-state index in [0.717, 1.165) is 30.1 Å². The van der Waals surface area contributed by atoms with Gasteiger partial charge in [-0.1, -0.05) is 19.1 Å². The van der Waals surface area contributed by atoms with E-state index in [-0.39, 0.29) is 6.04 Å². The lowest BCUT2D eigenvalue weighted by atomic mass is 10.0. The van der Waals surface area contributed by atoms with Gasteiger partial charge in [0, 0.05) is 6.04 Å². The summed E-state index contributed by atoms with van der Waals surface area (Å²) in [5.74, 6) is 2.44. The summed E-state index contributed by atoms with van der Waals surface area (Å²) in [6.45, 7) is 2.10. The Morgan fingerprint density at radius 3 is 1.90 bits per heavy atom. The Kier molecular flexibility index (Phi) is 5.02. The van der Waals surface area contributed by atoms with Crippen LogP contribution in [-0.4, -0.2) is 13.2 Å². The second kappa shape index (κ2) is 6.96. The molecule has 2 aromatic rings. The van der Waals surface area contributed by atoms with Gasteiger partial charge in [0.15, 0.2) is 0 Å². The van der Waals surface area contributed by atoms with E-state index in [1.165, 1.54) is 5.56 Å². The maximum atomic E-state index is 5.95. The Morgan fingerprint density at radius 1 is 0.900 bits per heavy atom. The number of benzene rings is 2. The van der Waals surface area contributed by atoms with Crippen molar-refractivity contribution >= 4 is 0 Å². The summed E-state index contributed by atoms with van der Waals surface area (Å²) in [5, 5.41) is 0. The predicted molar refractivity (Wildman–Crippen MR) is 81.5 cm³/mol. The molecule has 0 heterocycles. The third-order valence-electron chi connectivity index (χ3n) is 3.24. The number of methoxy groups -OCH3 is 1. The van der Waals surface area contributed by atoms with Gasteiger partial charge in [0.1, 0.15) is 17.2 Å². The van der Waals surface area contributed by atoms with Gasteiger partial charge in [-0.25, -0.2) is 0 Å². The highest BCUT2D eigenvalue weighted by Gasteiger charge is 2.02. The monoisotopic (exact) mass is 271 g/mol. The third kappa shape index (κ3) is 4.00. The molecule has 0 saturated carbocycles. The molecule has 0 amide bonds. The highest BCUT2D eigenvalue weighted by molar-refractivity contribution is 5.36. The molecule has 2 aromatic carbocycles. The molecule has 0 aliphatic heterocycles. The number of rotatable bonds is 6. The van der Waals surface area contributed by atoms with Gasteiger partial charge < -0.3 is 15.2 Å². The first kappa shape index (κ1) is 14.4. The van der Waals surface area contributed by atoms with Crippen LogP contribution in [-0.2, 0) is 6.42 Å². The van der Waals surface area contributed by atoms with Crippen molar-refractivity contribution in [2.45, 2.75) is 25.8 Å². The van der Waals surface area contributed by atoms with E-state index >= 15 is 0 Å². The van der Waals surface area contributed by atoms with E-state index in [9.17, 15) is 0 Å². The van der Waals surface area contributed by atoms with Crippen LogP contribution in [0.25, 0.3) is 0 Å². The SMILES string of the molecule is CCC(N)Cc1ccc(Oc2ccc(OC)cc2)cc1. The number of hydrogen-bond donors (Lipinski definition) is 1. The second-order valence-electron chi connectivity index (χ2n) is 4.79. The molecule has 1 unspecified atom stereocenters. The molecule has 0 bridgehead atoms. The van der Waals surface area contributed by atoms with Gasteiger partial charge in [-0.15, -0.1) is 0 Å². The first-order valence-corrected chi connectivity index (χ1v) is 6.87. The van der Waals surface area contributed by atoms with E-state index in [0.29, 0.717) is 0 Å². The smallest absolute Gasteiger partial charge is 0.127 e. The van der Waals surface area contributed by atoms with Crippen molar-refractivity contribution in [1.82, 2.24) is 0 Å². The molecule has 20 heavy (non-hydrogen) atoms. The zero-order valence-corrected chi connectivity index (χ0v) is 12.0. The zero-order chi connectivity index (χ0) is 14.4. The van der Waals surface area contributed by atoms with Gasteiger partial charge >= 0.3 is 0 Å². The summed E-state index contributed by atoms with van der Waals surface area (Å²) in [4.78, 5) is 0. The molecule has 0 aromatic heterocycles. The minimum atomic E-state index is 0.225. The van der Waals surface area contributed by atoms with Crippen LogP contribution >= 0.6 is 0 Å². The molecular weight excluding hydrogens is 250 g/mol. The van der Waals surface area contributed by atoms with Crippen molar-refractivity contribution in [3.05, 3.63) is 54.1 Å². The van der Waals surface area contributed by atoms with Crippen LogP contribution in [0.5, 0.6) is 17.2 Å². The van der Waals surface area contributed by atoms with Gasteiger partial charge in [-0.05, 0) is 54.8 Å².